The van der Waals surface area contributed by atoms with Crippen LogP contribution >= 0.6 is 23.1 Å². The highest BCUT2D eigenvalue weighted by Crippen LogP contribution is 2.26. The number of benzene rings is 1. The Kier molecular flexibility index (Phi) is 2.57. The molecule has 72 valence electrons. The van der Waals surface area contributed by atoms with Crippen LogP contribution in [0.4, 0.5) is 0 Å². The summed E-state index contributed by atoms with van der Waals surface area (Å²) in [6, 6.07) is 8.22. The van der Waals surface area contributed by atoms with E-state index in [1.165, 1.54) is 22.7 Å². The molecule has 0 atom stereocenters. The molecule has 0 saturated heterocycles. The lowest BCUT2D eigenvalue weighted by Crippen LogP contribution is -1.82. The second kappa shape index (κ2) is 3.71. The van der Waals surface area contributed by atoms with Crippen molar-refractivity contribution in [2.45, 2.75) is 13.8 Å². The molecule has 0 unspecified atom stereocenters. The van der Waals surface area contributed by atoms with Crippen LogP contribution in [0.3, 0.4) is 0 Å². The zero-order chi connectivity index (χ0) is 10.1. The Bertz CT molecular complexity index is 462. The Morgan fingerprint density at radius 2 is 1.93 bits per heavy atom. The van der Waals surface area contributed by atoms with Gasteiger partial charge in [-0.15, -0.1) is 0 Å². The molecular weight excluding hydrogens is 214 g/mol. The summed E-state index contributed by atoms with van der Waals surface area (Å²) in [6.07, 6.45) is 0. The van der Waals surface area contributed by atoms with Crippen LogP contribution in [0.1, 0.15) is 11.1 Å². The van der Waals surface area contributed by atoms with Gasteiger partial charge in [-0.05, 0) is 48.6 Å². The molecule has 0 amide bonds. The molecule has 1 heterocycles. The summed E-state index contributed by atoms with van der Waals surface area (Å²) < 4.78 is 5.00. The lowest BCUT2D eigenvalue weighted by atomic mass is 10.0. The van der Waals surface area contributed by atoms with Crippen LogP contribution < -0.4 is 0 Å². The number of hydrogen-bond donors (Lipinski definition) is 0. The summed E-state index contributed by atoms with van der Waals surface area (Å²) in [5, 5.41) is 0. The maximum Gasteiger partial charge on any atom is 0.114 e. The number of halogens is 1. The molecule has 0 aliphatic heterocycles. The number of aromatic nitrogens is 1. The fraction of sp³-hybridized carbons (Fsp3) is 0.182. The van der Waals surface area contributed by atoms with Gasteiger partial charge in [0.05, 0.1) is 5.69 Å². The lowest BCUT2D eigenvalue weighted by molar-refractivity contribution is 1.33. The van der Waals surface area contributed by atoms with Crippen molar-refractivity contribution >= 4 is 23.1 Å². The van der Waals surface area contributed by atoms with Crippen molar-refractivity contribution in [3.63, 3.8) is 0 Å². The minimum Gasteiger partial charge on any atom is -0.191 e. The molecule has 0 aliphatic rings. The Labute approximate surface area is 92.5 Å². The first-order chi connectivity index (χ1) is 6.66. The van der Waals surface area contributed by atoms with Crippen LogP contribution in [0.2, 0.25) is 4.34 Å². The predicted molar refractivity (Wildman–Crippen MR) is 62.0 cm³/mol. The van der Waals surface area contributed by atoms with Crippen LogP contribution in [-0.2, 0) is 0 Å². The van der Waals surface area contributed by atoms with Gasteiger partial charge in [0.25, 0.3) is 0 Å². The third-order valence-electron chi connectivity index (χ3n) is 2.28. The van der Waals surface area contributed by atoms with Crippen LogP contribution in [0.5, 0.6) is 0 Å². The smallest absolute Gasteiger partial charge is 0.114 e. The second-order valence-electron chi connectivity index (χ2n) is 3.32. The maximum absolute atomic E-state index is 5.84. The van der Waals surface area contributed by atoms with Crippen LogP contribution in [0.15, 0.2) is 24.3 Å². The van der Waals surface area contributed by atoms with E-state index < -0.39 is 0 Å². The van der Waals surface area contributed by atoms with Crippen molar-refractivity contribution < 1.29 is 0 Å². The van der Waals surface area contributed by atoms with Crippen molar-refractivity contribution in [1.82, 2.24) is 4.37 Å². The van der Waals surface area contributed by atoms with Gasteiger partial charge < -0.3 is 0 Å². The molecule has 1 aromatic carbocycles. The largest absolute Gasteiger partial charge is 0.191 e. The van der Waals surface area contributed by atoms with E-state index in [2.05, 4.69) is 36.4 Å². The number of rotatable bonds is 1. The van der Waals surface area contributed by atoms with E-state index >= 15 is 0 Å². The van der Waals surface area contributed by atoms with Gasteiger partial charge in [0.2, 0.25) is 0 Å². The molecule has 1 nitrogen and oxygen atoms in total. The van der Waals surface area contributed by atoms with Crippen LogP contribution in [0, 0.1) is 13.8 Å². The van der Waals surface area contributed by atoms with Gasteiger partial charge >= 0.3 is 0 Å². The molecule has 1 aromatic heterocycles. The van der Waals surface area contributed by atoms with E-state index in [9.17, 15) is 0 Å². The topological polar surface area (TPSA) is 12.9 Å². The molecule has 0 bridgehead atoms. The zero-order valence-electron chi connectivity index (χ0n) is 8.04. The monoisotopic (exact) mass is 223 g/mol. The van der Waals surface area contributed by atoms with Gasteiger partial charge in [-0.3, -0.25) is 0 Å². The fourth-order valence-corrected chi connectivity index (χ4v) is 2.00. The summed E-state index contributed by atoms with van der Waals surface area (Å²) in [5.74, 6) is 0. The van der Waals surface area contributed by atoms with Crippen molar-refractivity contribution in [3.8, 4) is 11.3 Å². The number of hydrogen-bond acceptors (Lipinski definition) is 2. The average molecular weight is 224 g/mol. The number of aryl methyl sites for hydroxylation is 2. The Hall–Kier alpha value is -0.860. The zero-order valence-corrected chi connectivity index (χ0v) is 9.62. The van der Waals surface area contributed by atoms with E-state index in [1.807, 2.05) is 6.07 Å². The second-order valence-corrected chi connectivity index (χ2v) is 4.75. The van der Waals surface area contributed by atoms with Gasteiger partial charge in [0.15, 0.2) is 0 Å². The Morgan fingerprint density at radius 3 is 2.50 bits per heavy atom. The van der Waals surface area contributed by atoms with E-state index in [4.69, 9.17) is 11.6 Å². The molecule has 3 heteroatoms. The van der Waals surface area contributed by atoms with Crippen LogP contribution in [-0.4, -0.2) is 4.37 Å². The average Bonchev–Trinajstić information content (AvgIpc) is 2.57. The SMILES string of the molecule is Cc1ccc(-c2cc(Cl)sn2)cc1C. The van der Waals surface area contributed by atoms with Crippen LogP contribution in [0.25, 0.3) is 11.3 Å². The summed E-state index contributed by atoms with van der Waals surface area (Å²) in [7, 11) is 0. The van der Waals surface area contributed by atoms with E-state index in [0.29, 0.717) is 0 Å². The molecule has 0 aliphatic carbocycles. The first-order valence-electron chi connectivity index (χ1n) is 4.36. The highest BCUT2D eigenvalue weighted by atomic mass is 35.5. The molecule has 2 rings (SSSR count). The summed E-state index contributed by atoms with van der Waals surface area (Å²) in [5.41, 5.74) is 4.68. The minimum absolute atomic E-state index is 0.734. The quantitative estimate of drug-likeness (QED) is 0.710. The summed E-state index contributed by atoms with van der Waals surface area (Å²) >= 11 is 7.16. The first-order valence-corrected chi connectivity index (χ1v) is 5.52. The molecule has 0 N–H and O–H groups in total. The molecule has 0 radical (unpaired) electrons. The Balaban J connectivity index is 2.47. The van der Waals surface area contributed by atoms with E-state index in [0.717, 1.165) is 15.6 Å². The molecular formula is C11H10ClNS. The highest BCUT2D eigenvalue weighted by Gasteiger charge is 2.03. The molecule has 14 heavy (non-hydrogen) atoms. The fourth-order valence-electron chi connectivity index (χ4n) is 1.29. The van der Waals surface area contributed by atoms with Gasteiger partial charge in [-0.25, -0.2) is 0 Å². The summed E-state index contributed by atoms with van der Waals surface area (Å²) in [4.78, 5) is 0. The number of nitrogens with zero attached hydrogens (tertiary/aromatic N) is 1. The van der Waals surface area contributed by atoms with Gasteiger partial charge in [0.1, 0.15) is 4.34 Å². The molecule has 0 spiro atoms. The summed E-state index contributed by atoms with van der Waals surface area (Å²) in [6.45, 7) is 4.21. The highest BCUT2D eigenvalue weighted by molar-refractivity contribution is 7.10. The predicted octanol–water partition coefficient (Wildman–Crippen LogP) is 4.08. The molecule has 0 saturated carbocycles. The standard InChI is InChI=1S/C11H10ClNS/c1-7-3-4-9(5-8(7)2)10-6-11(12)14-13-10/h3-6H,1-2H3. The molecule has 2 aromatic rings. The Morgan fingerprint density at radius 1 is 1.14 bits per heavy atom. The van der Waals surface area contributed by atoms with E-state index in [1.54, 1.807) is 0 Å². The molecule has 0 fully saturated rings. The van der Waals surface area contributed by atoms with Gasteiger partial charge in [-0.1, -0.05) is 23.7 Å². The van der Waals surface area contributed by atoms with E-state index in [-0.39, 0.29) is 0 Å². The lowest BCUT2D eigenvalue weighted by Gasteiger charge is -2.01. The van der Waals surface area contributed by atoms with Crippen molar-refractivity contribution in [2.75, 3.05) is 0 Å². The first kappa shape index (κ1) is 9.69. The van der Waals surface area contributed by atoms with Gasteiger partial charge in [-0.2, -0.15) is 4.37 Å². The van der Waals surface area contributed by atoms with Crippen molar-refractivity contribution in [3.05, 3.63) is 39.7 Å². The third kappa shape index (κ3) is 1.81. The third-order valence-corrected chi connectivity index (χ3v) is 3.18. The minimum atomic E-state index is 0.734. The normalized spacial score (nSPS) is 10.5. The van der Waals surface area contributed by atoms with Crippen molar-refractivity contribution in [2.24, 2.45) is 0 Å². The van der Waals surface area contributed by atoms with Crippen molar-refractivity contribution in [1.29, 1.82) is 0 Å². The maximum atomic E-state index is 5.84. The van der Waals surface area contributed by atoms with Gasteiger partial charge in [0, 0.05) is 5.56 Å².